The van der Waals surface area contributed by atoms with Gasteiger partial charge >= 0.3 is 12.0 Å². The second-order valence-electron chi connectivity index (χ2n) is 10.3. The highest BCUT2D eigenvalue weighted by Gasteiger charge is 2.51. The molecule has 0 spiro atoms. The van der Waals surface area contributed by atoms with Gasteiger partial charge < -0.3 is 15.4 Å². The first kappa shape index (κ1) is 24.6. The molecule has 4 bridgehead atoms. The third-order valence-electron chi connectivity index (χ3n) is 6.92. The largest absolute Gasteiger partial charge is 0.452 e. The lowest BCUT2D eigenvalue weighted by Gasteiger charge is -2.56. The third-order valence-corrected chi connectivity index (χ3v) is 7.99. The van der Waals surface area contributed by atoms with Crippen LogP contribution in [0.2, 0.25) is 0 Å². The lowest BCUT2D eigenvalue weighted by molar-refractivity contribution is -0.124. The maximum absolute atomic E-state index is 12.8. The zero-order valence-electron chi connectivity index (χ0n) is 19.7. The number of hydrogen-bond donors (Lipinski definition) is 3. The van der Waals surface area contributed by atoms with Crippen LogP contribution >= 0.6 is 11.8 Å². The summed E-state index contributed by atoms with van der Waals surface area (Å²) < 4.78 is 5.09. The van der Waals surface area contributed by atoms with Crippen molar-refractivity contribution in [3.05, 3.63) is 29.8 Å². The van der Waals surface area contributed by atoms with Crippen LogP contribution in [0.3, 0.4) is 0 Å². The van der Waals surface area contributed by atoms with Gasteiger partial charge in [0.05, 0.1) is 11.3 Å². The molecule has 5 rings (SSSR count). The standard InChI is InChI=1S/C25H33N3O5S/c1-15(2)26-24(32)27-21(29)13-33-23(31)19-5-3-4-6-20(19)34-14-22(30)28-25-10-16-7-17(11-25)9-18(8-16)12-25/h3-6,15-18H,7-14H2,1-2H3,(H,28,30)(H2,26,27,29,32). The van der Waals surface area contributed by atoms with Gasteiger partial charge in [-0.15, -0.1) is 11.8 Å². The minimum Gasteiger partial charge on any atom is -0.452 e. The molecular weight excluding hydrogens is 454 g/mol. The predicted octanol–water partition coefficient (Wildman–Crippen LogP) is 3.25. The highest BCUT2D eigenvalue weighted by atomic mass is 32.2. The van der Waals surface area contributed by atoms with Crippen molar-refractivity contribution < 1.29 is 23.9 Å². The molecule has 0 saturated heterocycles. The topological polar surface area (TPSA) is 114 Å². The van der Waals surface area contributed by atoms with E-state index in [0.29, 0.717) is 4.90 Å². The maximum atomic E-state index is 12.8. The van der Waals surface area contributed by atoms with E-state index < -0.39 is 24.5 Å². The summed E-state index contributed by atoms with van der Waals surface area (Å²) in [5.74, 6) is 1.07. The molecule has 3 N–H and O–H groups in total. The van der Waals surface area contributed by atoms with Crippen LogP contribution in [0.15, 0.2) is 29.2 Å². The molecule has 0 heterocycles. The molecule has 4 amide bonds. The number of carbonyl (C=O) groups excluding carboxylic acids is 4. The Hall–Kier alpha value is -2.55. The molecule has 0 unspecified atom stereocenters. The number of ether oxygens (including phenoxy) is 1. The predicted molar refractivity (Wildman–Crippen MR) is 128 cm³/mol. The van der Waals surface area contributed by atoms with E-state index in [1.807, 2.05) is 0 Å². The van der Waals surface area contributed by atoms with Crippen LogP contribution in [0.4, 0.5) is 4.79 Å². The summed E-state index contributed by atoms with van der Waals surface area (Å²) in [4.78, 5) is 49.5. The number of rotatable bonds is 8. The van der Waals surface area contributed by atoms with Crippen molar-refractivity contribution in [3.8, 4) is 0 Å². The fraction of sp³-hybridized carbons (Fsp3) is 0.600. The molecule has 0 aromatic heterocycles. The van der Waals surface area contributed by atoms with Crippen LogP contribution in [0.25, 0.3) is 0 Å². The number of thioether (sulfide) groups is 1. The Balaban J connectivity index is 1.27. The first-order valence-electron chi connectivity index (χ1n) is 12.0. The lowest BCUT2D eigenvalue weighted by Crippen LogP contribution is -2.60. The Morgan fingerprint density at radius 1 is 1.00 bits per heavy atom. The number of carbonyl (C=O) groups is 4. The van der Waals surface area contributed by atoms with E-state index >= 15 is 0 Å². The van der Waals surface area contributed by atoms with E-state index in [2.05, 4.69) is 16.0 Å². The molecule has 9 heteroatoms. The van der Waals surface area contributed by atoms with Gasteiger partial charge in [-0.1, -0.05) is 12.1 Å². The molecule has 4 saturated carbocycles. The molecule has 4 aliphatic carbocycles. The first-order valence-corrected chi connectivity index (χ1v) is 13.0. The summed E-state index contributed by atoms with van der Waals surface area (Å²) >= 11 is 1.29. The van der Waals surface area contributed by atoms with Gasteiger partial charge in [-0.3, -0.25) is 14.9 Å². The number of urea groups is 1. The SMILES string of the molecule is CC(C)NC(=O)NC(=O)COC(=O)c1ccccc1SCC(=O)NC12CC3CC(CC(C3)C1)C2. The van der Waals surface area contributed by atoms with Crippen LogP contribution in [0.1, 0.15) is 62.7 Å². The molecule has 1 aromatic carbocycles. The van der Waals surface area contributed by atoms with Gasteiger partial charge in [-0.2, -0.15) is 0 Å². The minimum absolute atomic E-state index is 0.00865. The molecule has 4 aliphatic rings. The number of nitrogens with one attached hydrogen (secondary N) is 3. The highest BCUT2D eigenvalue weighted by Crippen LogP contribution is 2.55. The zero-order valence-corrected chi connectivity index (χ0v) is 20.5. The number of esters is 1. The van der Waals surface area contributed by atoms with Gasteiger partial charge in [0.1, 0.15) is 0 Å². The van der Waals surface area contributed by atoms with Crippen molar-refractivity contribution in [2.45, 2.75) is 68.8 Å². The Kier molecular flexibility index (Phi) is 7.50. The minimum atomic E-state index is -0.716. The number of hydrogen-bond acceptors (Lipinski definition) is 6. The second-order valence-corrected chi connectivity index (χ2v) is 11.3. The molecule has 8 nitrogen and oxygen atoms in total. The van der Waals surface area contributed by atoms with Crippen molar-refractivity contribution >= 4 is 35.6 Å². The van der Waals surface area contributed by atoms with E-state index in [1.54, 1.807) is 38.1 Å². The quantitative estimate of drug-likeness (QED) is 0.383. The Morgan fingerprint density at radius 2 is 1.62 bits per heavy atom. The fourth-order valence-corrected chi connectivity index (χ4v) is 7.01. The van der Waals surface area contributed by atoms with E-state index in [-0.39, 0.29) is 28.8 Å². The highest BCUT2D eigenvalue weighted by molar-refractivity contribution is 8.00. The molecule has 1 aromatic rings. The van der Waals surface area contributed by atoms with E-state index in [9.17, 15) is 19.2 Å². The first-order chi connectivity index (χ1) is 16.2. The average molecular weight is 488 g/mol. The summed E-state index contributed by atoms with van der Waals surface area (Å²) in [6.07, 6.45) is 7.24. The van der Waals surface area contributed by atoms with Crippen LogP contribution in [0, 0.1) is 17.8 Å². The summed E-state index contributed by atoms with van der Waals surface area (Å²) in [5.41, 5.74) is 0.245. The number of amides is 4. The fourth-order valence-electron chi connectivity index (χ4n) is 6.17. The molecule has 34 heavy (non-hydrogen) atoms. The molecule has 184 valence electrons. The van der Waals surface area contributed by atoms with Crippen molar-refractivity contribution in [1.82, 2.24) is 16.0 Å². The van der Waals surface area contributed by atoms with Crippen LogP contribution < -0.4 is 16.0 Å². The van der Waals surface area contributed by atoms with Crippen molar-refractivity contribution in [1.29, 1.82) is 0 Å². The smallest absolute Gasteiger partial charge is 0.339 e. The van der Waals surface area contributed by atoms with E-state index in [1.165, 1.54) is 31.0 Å². The van der Waals surface area contributed by atoms with Gasteiger partial charge in [0, 0.05) is 16.5 Å². The summed E-state index contributed by atoms with van der Waals surface area (Å²) in [5, 5.41) is 7.98. The summed E-state index contributed by atoms with van der Waals surface area (Å²) in [6, 6.07) is 6.09. The van der Waals surface area contributed by atoms with Crippen molar-refractivity contribution in [2.24, 2.45) is 17.8 Å². The molecule has 0 atom stereocenters. The van der Waals surface area contributed by atoms with Gasteiger partial charge in [0.25, 0.3) is 5.91 Å². The van der Waals surface area contributed by atoms with Crippen LogP contribution in [-0.4, -0.2) is 47.8 Å². The normalized spacial score (nSPS) is 26.7. The number of imide groups is 1. The number of benzene rings is 1. The second kappa shape index (κ2) is 10.4. The Labute approximate surface area is 204 Å². The molecule has 0 radical (unpaired) electrons. The van der Waals surface area contributed by atoms with Gasteiger partial charge in [-0.05, 0) is 82.3 Å². The van der Waals surface area contributed by atoms with Gasteiger partial charge in [0.15, 0.2) is 6.61 Å². The van der Waals surface area contributed by atoms with Crippen molar-refractivity contribution in [3.63, 3.8) is 0 Å². The Morgan fingerprint density at radius 3 is 2.24 bits per heavy atom. The van der Waals surface area contributed by atoms with Crippen LogP contribution in [0.5, 0.6) is 0 Å². The monoisotopic (exact) mass is 487 g/mol. The van der Waals surface area contributed by atoms with E-state index in [0.717, 1.165) is 37.0 Å². The van der Waals surface area contributed by atoms with Gasteiger partial charge in [0.2, 0.25) is 5.91 Å². The van der Waals surface area contributed by atoms with E-state index in [4.69, 9.17) is 4.74 Å². The zero-order chi connectivity index (χ0) is 24.3. The van der Waals surface area contributed by atoms with Crippen LogP contribution in [-0.2, 0) is 14.3 Å². The Bertz CT molecular complexity index is 928. The van der Waals surface area contributed by atoms with Crippen molar-refractivity contribution in [2.75, 3.05) is 12.4 Å². The maximum Gasteiger partial charge on any atom is 0.339 e. The third kappa shape index (κ3) is 6.11. The van der Waals surface area contributed by atoms with Gasteiger partial charge in [-0.25, -0.2) is 9.59 Å². The molecule has 4 fully saturated rings. The molecule has 0 aliphatic heterocycles. The molecular formula is C25H33N3O5S. The lowest BCUT2D eigenvalue weighted by atomic mass is 9.53. The summed E-state index contributed by atoms with van der Waals surface area (Å²) in [7, 11) is 0. The summed E-state index contributed by atoms with van der Waals surface area (Å²) in [6.45, 7) is 2.96. The average Bonchev–Trinajstić information content (AvgIpc) is 2.74.